The molecule has 0 amide bonds. The fourth-order valence-corrected chi connectivity index (χ4v) is 1.29. The van der Waals surface area contributed by atoms with Crippen LogP contribution in [0.5, 0.6) is 17.2 Å². The van der Waals surface area contributed by atoms with Gasteiger partial charge in [0.1, 0.15) is 0 Å². The maximum atomic E-state index is 9.24. The first kappa shape index (κ1) is 9.45. The minimum atomic E-state index is -0.526. The molecule has 0 radical (unpaired) electrons. The lowest BCUT2D eigenvalue weighted by Gasteiger charge is -2.08. The van der Waals surface area contributed by atoms with Crippen LogP contribution < -0.4 is 10.6 Å². The highest BCUT2D eigenvalue weighted by Crippen LogP contribution is 2.37. The van der Waals surface area contributed by atoms with Crippen LogP contribution in [-0.4, -0.2) is 34.4 Å². The lowest BCUT2D eigenvalue weighted by Crippen LogP contribution is -2.26. The highest BCUT2D eigenvalue weighted by molar-refractivity contribution is 5.95. The number of nitrogens with zero attached hydrogens (tertiary/aromatic N) is 1. The van der Waals surface area contributed by atoms with Crippen molar-refractivity contribution in [3.05, 3.63) is 12.1 Å². The van der Waals surface area contributed by atoms with Crippen molar-refractivity contribution in [3.63, 3.8) is 0 Å². The van der Waals surface area contributed by atoms with Crippen LogP contribution in [0.1, 0.15) is 0 Å². The summed E-state index contributed by atoms with van der Waals surface area (Å²) in [4.78, 5) is 4.08. The van der Waals surface area contributed by atoms with Gasteiger partial charge in [-0.25, -0.2) is 0 Å². The second kappa shape index (κ2) is 3.56. The predicted molar refractivity (Wildman–Crippen MR) is 55.4 cm³/mol. The Morgan fingerprint density at radius 1 is 1.20 bits per heavy atom. The van der Waals surface area contributed by atoms with Crippen LogP contribution in [0.2, 0.25) is 0 Å². The van der Waals surface area contributed by atoms with E-state index in [1.165, 1.54) is 12.1 Å². The van der Waals surface area contributed by atoms with Gasteiger partial charge in [-0.05, 0) is 0 Å². The van der Waals surface area contributed by atoms with Gasteiger partial charge < -0.3 is 26.0 Å². The summed E-state index contributed by atoms with van der Waals surface area (Å²) in [7, 11) is 0. The summed E-state index contributed by atoms with van der Waals surface area (Å²) in [5.74, 6) is -0.700. The van der Waals surface area contributed by atoms with Gasteiger partial charge in [0.05, 0.1) is 6.54 Å². The zero-order valence-corrected chi connectivity index (χ0v) is 7.86. The fraction of sp³-hybridized carbons (Fsp3) is 0.222. The number of aromatic hydroxyl groups is 3. The minimum Gasteiger partial charge on any atom is -0.504 e. The topological polar surface area (TPSA) is 97.1 Å². The smallest absolute Gasteiger partial charge is 0.200 e. The first-order valence-corrected chi connectivity index (χ1v) is 4.47. The number of hydrogen-bond donors (Lipinski definition) is 5. The number of aliphatic imine (C=N–C) groups is 1. The molecule has 15 heavy (non-hydrogen) atoms. The number of nitrogens with one attached hydrogen (secondary N) is 2. The maximum absolute atomic E-state index is 9.24. The Morgan fingerprint density at radius 2 is 1.87 bits per heavy atom. The molecule has 0 fully saturated rings. The summed E-state index contributed by atoms with van der Waals surface area (Å²) < 4.78 is 0. The van der Waals surface area contributed by atoms with Gasteiger partial charge >= 0.3 is 0 Å². The Balaban J connectivity index is 2.22. The van der Waals surface area contributed by atoms with Gasteiger partial charge in [-0.15, -0.1) is 0 Å². The number of anilines is 1. The molecule has 0 unspecified atom stereocenters. The van der Waals surface area contributed by atoms with Crippen LogP contribution >= 0.6 is 0 Å². The van der Waals surface area contributed by atoms with E-state index in [4.69, 9.17) is 5.11 Å². The number of phenolic OH excluding ortho intramolecular Hbond substituents is 3. The van der Waals surface area contributed by atoms with E-state index in [2.05, 4.69) is 15.6 Å². The monoisotopic (exact) mass is 209 g/mol. The first-order chi connectivity index (χ1) is 7.16. The summed E-state index contributed by atoms with van der Waals surface area (Å²) >= 11 is 0. The van der Waals surface area contributed by atoms with E-state index in [1.54, 1.807) is 0 Å². The Hall–Kier alpha value is -2.11. The minimum absolute atomic E-state index is 0.379. The van der Waals surface area contributed by atoms with Crippen molar-refractivity contribution in [1.29, 1.82) is 0 Å². The van der Waals surface area contributed by atoms with Gasteiger partial charge in [0.2, 0.25) is 0 Å². The third-order valence-corrected chi connectivity index (χ3v) is 2.01. The molecule has 1 aliphatic heterocycles. The van der Waals surface area contributed by atoms with Crippen molar-refractivity contribution in [3.8, 4) is 17.2 Å². The average Bonchev–Trinajstić information content (AvgIpc) is 2.66. The van der Waals surface area contributed by atoms with Gasteiger partial charge in [0, 0.05) is 24.4 Å². The van der Waals surface area contributed by atoms with Gasteiger partial charge in [-0.3, -0.25) is 4.99 Å². The summed E-state index contributed by atoms with van der Waals surface area (Å²) in [6, 6.07) is 2.61. The van der Waals surface area contributed by atoms with Crippen molar-refractivity contribution in [2.45, 2.75) is 0 Å². The van der Waals surface area contributed by atoms with Crippen molar-refractivity contribution in [2.24, 2.45) is 4.99 Å². The van der Waals surface area contributed by atoms with E-state index in [1.807, 2.05) is 0 Å². The number of rotatable bonds is 1. The van der Waals surface area contributed by atoms with Gasteiger partial charge in [0.25, 0.3) is 0 Å². The third-order valence-electron chi connectivity index (χ3n) is 2.01. The Bertz CT molecular complexity index is 394. The maximum Gasteiger partial charge on any atom is 0.200 e. The number of guanidine groups is 1. The number of phenols is 3. The van der Waals surface area contributed by atoms with Crippen molar-refractivity contribution in [2.75, 3.05) is 18.4 Å². The molecule has 1 aromatic rings. The molecule has 6 nitrogen and oxygen atoms in total. The zero-order chi connectivity index (χ0) is 10.8. The highest BCUT2D eigenvalue weighted by Gasteiger charge is 2.10. The van der Waals surface area contributed by atoms with Crippen molar-refractivity contribution in [1.82, 2.24) is 5.32 Å². The normalized spacial score (nSPS) is 14.5. The molecule has 6 heteroatoms. The van der Waals surface area contributed by atoms with Crippen LogP contribution in [0.3, 0.4) is 0 Å². The molecule has 0 spiro atoms. The first-order valence-electron chi connectivity index (χ1n) is 4.47. The molecule has 0 saturated heterocycles. The average molecular weight is 209 g/mol. The van der Waals surface area contributed by atoms with Crippen LogP contribution in [0, 0.1) is 0 Å². The van der Waals surface area contributed by atoms with Crippen molar-refractivity contribution >= 4 is 11.6 Å². The second-order valence-corrected chi connectivity index (χ2v) is 3.15. The zero-order valence-electron chi connectivity index (χ0n) is 7.86. The van der Waals surface area contributed by atoms with E-state index >= 15 is 0 Å². The predicted octanol–water partition coefficient (Wildman–Crippen LogP) is 0.174. The van der Waals surface area contributed by atoms with Gasteiger partial charge in [-0.2, -0.15) is 0 Å². The standard InChI is InChI=1S/C9H11N3O3/c13-6-3-5(4-7(14)8(6)15)12-9-10-1-2-11-9/h3-4,13-15H,1-2H2,(H2,10,11,12). The molecule has 0 atom stereocenters. The van der Waals surface area contributed by atoms with Crippen LogP contribution in [-0.2, 0) is 0 Å². The lowest BCUT2D eigenvalue weighted by atomic mass is 10.2. The molecule has 0 aromatic heterocycles. The van der Waals surface area contributed by atoms with E-state index in [-0.39, 0.29) is 11.5 Å². The molecule has 1 aromatic carbocycles. The molecule has 5 N–H and O–H groups in total. The molecule has 2 rings (SSSR count). The van der Waals surface area contributed by atoms with Gasteiger partial charge in [-0.1, -0.05) is 0 Å². The summed E-state index contributed by atoms with van der Waals surface area (Å²) in [6.45, 7) is 1.46. The lowest BCUT2D eigenvalue weighted by molar-refractivity contribution is 0.368. The molecule has 1 heterocycles. The third kappa shape index (κ3) is 1.88. The molecule has 0 saturated carbocycles. The molecular weight excluding hydrogens is 198 g/mol. The van der Waals surface area contributed by atoms with E-state index in [9.17, 15) is 10.2 Å². The molecule has 0 aliphatic carbocycles. The fourth-order valence-electron chi connectivity index (χ4n) is 1.29. The highest BCUT2D eigenvalue weighted by atomic mass is 16.3. The Morgan fingerprint density at radius 3 is 2.40 bits per heavy atom. The van der Waals surface area contributed by atoms with Crippen LogP contribution in [0.25, 0.3) is 0 Å². The molecule has 1 aliphatic rings. The SMILES string of the molecule is Oc1cc(NC2=NCCN2)cc(O)c1O. The number of benzene rings is 1. The summed E-state index contributed by atoms with van der Waals surface area (Å²) in [5, 5.41) is 33.4. The second-order valence-electron chi connectivity index (χ2n) is 3.15. The summed E-state index contributed by atoms with van der Waals surface area (Å²) in [6.07, 6.45) is 0. The molecule has 0 bridgehead atoms. The molecule has 80 valence electrons. The largest absolute Gasteiger partial charge is 0.504 e. The van der Waals surface area contributed by atoms with Crippen LogP contribution in [0.15, 0.2) is 17.1 Å². The Kier molecular flexibility index (Phi) is 2.24. The Labute approximate surface area is 85.9 Å². The van der Waals surface area contributed by atoms with E-state index < -0.39 is 5.75 Å². The van der Waals surface area contributed by atoms with Crippen LogP contribution in [0.4, 0.5) is 5.69 Å². The van der Waals surface area contributed by atoms with Crippen molar-refractivity contribution < 1.29 is 15.3 Å². The summed E-state index contributed by atoms with van der Waals surface area (Å²) in [5.41, 5.74) is 0.455. The van der Waals surface area contributed by atoms with E-state index in [0.717, 1.165) is 6.54 Å². The van der Waals surface area contributed by atoms with Gasteiger partial charge in [0.15, 0.2) is 23.2 Å². The molecular formula is C9H11N3O3. The van der Waals surface area contributed by atoms with E-state index in [0.29, 0.717) is 18.2 Å². The quantitative estimate of drug-likeness (QED) is 0.335. The number of hydrogen-bond acceptors (Lipinski definition) is 6.